The molecular weight excluding hydrogens is 154 g/mol. The van der Waals surface area contributed by atoms with Crippen LogP contribution in [-0.4, -0.2) is 18.2 Å². The molecular formula is C8H15N3O. The molecule has 0 bridgehead atoms. The Bertz CT molecular complexity index is 195. The molecule has 1 saturated carbocycles. The Morgan fingerprint density at radius 2 is 2.08 bits per heavy atom. The Labute approximate surface area is 71.9 Å². The lowest BCUT2D eigenvalue weighted by molar-refractivity contribution is -0.130. The Hall–Kier alpha value is -0.610. The number of nitrogens with two attached hydrogens (primary N) is 1. The zero-order chi connectivity index (χ0) is 8.55. The minimum Gasteiger partial charge on any atom is -0.328 e. The van der Waals surface area contributed by atoms with E-state index in [1.165, 1.54) is 12.8 Å². The van der Waals surface area contributed by atoms with Gasteiger partial charge < -0.3 is 5.32 Å². The van der Waals surface area contributed by atoms with Crippen molar-refractivity contribution < 1.29 is 4.79 Å². The van der Waals surface area contributed by atoms with Crippen LogP contribution >= 0.6 is 0 Å². The van der Waals surface area contributed by atoms with Gasteiger partial charge in [0.1, 0.15) is 6.29 Å². The third-order valence-corrected chi connectivity index (χ3v) is 2.79. The van der Waals surface area contributed by atoms with E-state index in [1.54, 1.807) is 0 Å². The van der Waals surface area contributed by atoms with E-state index in [2.05, 4.69) is 10.6 Å². The molecule has 3 unspecified atom stereocenters. The standard InChI is InChI=1S/C8H15N3O/c9-8-10-6-4-2-1-3-5(6)7(12)11-8/h5-6,8,10H,1-4,9H2,(H,11,12). The van der Waals surface area contributed by atoms with Gasteiger partial charge >= 0.3 is 0 Å². The highest BCUT2D eigenvalue weighted by Crippen LogP contribution is 2.26. The number of amides is 1. The average Bonchev–Trinajstić information content (AvgIpc) is 2.04. The minimum absolute atomic E-state index is 0.131. The lowest BCUT2D eigenvalue weighted by Gasteiger charge is -2.38. The van der Waals surface area contributed by atoms with E-state index < -0.39 is 0 Å². The summed E-state index contributed by atoms with van der Waals surface area (Å²) in [5.74, 6) is 0.296. The van der Waals surface area contributed by atoms with Gasteiger partial charge in [0.15, 0.2) is 0 Å². The fourth-order valence-electron chi connectivity index (χ4n) is 2.18. The van der Waals surface area contributed by atoms with E-state index in [0.29, 0.717) is 6.04 Å². The molecule has 1 aliphatic heterocycles. The molecule has 0 spiro atoms. The molecule has 1 aliphatic carbocycles. The number of nitrogens with one attached hydrogen (secondary N) is 2. The summed E-state index contributed by atoms with van der Waals surface area (Å²) < 4.78 is 0. The monoisotopic (exact) mass is 169 g/mol. The van der Waals surface area contributed by atoms with Gasteiger partial charge in [0, 0.05) is 6.04 Å². The Morgan fingerprint density at radius 1 is 1.33 bits per heavy atom. The lowest BCUT2D eigenvalue weighted by Crippen LogP contribution is -2.65. The van der Waals surface area contributed by atoms with Crippen LogP contribution in [0.3, 0.4) is 0 Å². The molecule has 3 atom stereocenters. The van der Waals surface area contributed by atoms with Crippen molar-refractivity contribution in [1.29, 1.82) is 0 Å². The van der Waals surface area contributed by atoms with Gasteiger partial charge in [-0.15, -0.1) is 0 Å². The second kappa shape index (κ2) is 3.03. The van der Waals surface area contributed by atoms with Crippen LogP contribution in [0.2, 0.25) is 0 Å². The van der Waals surface area contributed by atoms with Crippen LogP contribution in [0.4, 0.5) is 0 Å². The van der Waals surface area contributed by atoms with Gasteiger partial charge in [-0.3, -0.25) is 15.8 Å². The molecule has 2 fully saturated rings. The summed E-state index contributed by atoms with van der Waals surface area (Å²) in [6.07, 6.45) is 4.15. The fraction of sp³-hybridized carbons (Fsp3) is 0.875. The first-order valence-corrected chi connectivity index (χ1v) is 4.59. The summed E-state index contributed by atoms with van der Waals surface area (Å²) in [5, 5.41) is 5.90. The topological polar surface area (TPSA) is 67.1 Å². The Balaban J connectivity index is 2.06. The van der Waals surface area contributed by atoms with Gasteiger partial charge in [0.2, 0.25) is 5.91 Å². The summed E-state index contributed by atoms with van der Waals surface area (Å²) in [5.41, 5.74) is 5.59. The number of rotatable bonds is 0. The quantitative estimate of drug-likeness (QED) is 0.458. The predicted octanol–water partition coefficient (Wildman–Crippen LogP) is -0.493. The van der Waals surface area contributed by atoms with E-state index in [-0.39, 0.29) is 18.1 Å². The SMILES string of the molecule is NC1NC(=O)C2CCCCC2N1. The van der Waals surface area contributed by atoms with Crippen molar-refractivity contribution in [2.24, 2.45) is 11.7 Å². The van der Waals surface area contributed by atoms with Crippen molar-refractivity contribution in [3.63, 3.8) is 0 Å². The van der Waals surface area contributed by atoms with E-state index in [1.807, 2.05) is 0 Å². The molecule has 1 amide bonds. The second-order valence-electron chi connectivity index (χ2n) is 3.65. The minimum atomic E-state index is -0.336. The number of hydrogen-bond acceptors (Lipinski definition) is 3. The first kappa shape index (κ1) is 8.01. The molecule has 1 saturated heterocycles. The highest BCUT2D eigenvalue weighted by atomic mass is 16.2. The van der Waals surface area contributed by atoms with Gasteiger partial charge in [0.05, 0.1) is 5.92 Å². The zero-order valence-corrected chi connectivity index (χ0v) is 7.05. The van der Waals surface area contributed by atoms with Crippen molar-refractivity contribution in [2.45, 2.75) is 38.0 Å². The summed E-state index contributed by atoms with van der Waals surface area (Å²) in [6.45, 7) is 0. The van der Waals surface area contributed by atoms with Crippen molar-refractivity contribution in [2.75, 3.05) is 0 Å². The molecule has 4 nitrogen and oxygen atoms in total. The van der Waals surface area contributed by atoms with E-state index >= 15 is 0 Å². The molecule has 0 radical (unpaired) electrons. The van der Waals surface area contributed by atoms with Gasteiger partial charge in [0.25, 0.3) is 0 Å². The van der Waals surface area contributed by atoms with Crippen molar-refractivity contribution in [1.82, 2.24) is 10.6 Å². The zero-order valence-electron chi connectivity index (χ0n) is 7.05. The third-order valence-electron chi connectivity index (χ3n) is 2.79. The second-order valence-corrected chi connectivity index (χ2v) is 3.65. The van der Waals surface area contributed by atoms with Crippen LogP contribution < -0.4 is 16.4 Å². The maximum atomic E-state index is 11.4. The van der Waals surface area contributed by atoms with Crippen LogP contribution in [-0.2, 0) is 4.79 Å². The maximum absolute atomic E-state index is 11.4. The first-order chi connectivity index (χ1) is 5.77. The van der Waals surface area contributed by atoms with Crippen molar-refractivity contribution >= 4 is 5.91 Å². The van der Waals surface area contributed by atoms with E-state index in [9.17, 15) is 4.79 Å². The van der Waals surface area contributed by atoms with Gasteiger partial charge in [-0.1, -0.05) is 12.8 Å². The average molecular weight is 169 g/mol. The Kier molecular flexibility index (Phi) is 2.02. The molecule has 12 heavy (non-hydrogen) atoms. The van der Waals surface area contributed by atoms with Crippen LogP contribution in [0.5, 0.6) is 0 Å². The largest absolute Gasteiger partial charge is 0.328 e. The number of carbonyl (C=O) groups is 1. The van der Waals surface area contributed by atoms with Crippen LogP contribution in [0, 0.1) is 5.92 Å². The van der Waals surface area contributed by atoms with Gasteiger partial charge in [-0.2, -0.15) is 0 Å². The molecule has 0 aromatic rings. The summed E-state index contributed by atoms with van der Waals surface area (Å²) >= 11 is 0. The maximum Gasteiger partial charge on any atom is 0.226 e. The summed E-state index contributed by atoms with van der Waals surface area (Å²) in [4.78, 5) is 11.4. The summed E-state index contributed by atoms with van der Waals surface area (Å²) in [7, 11) is 0. The molecule has 68 valence electrons. The predicted molar refractivity (Wildman–Crippen MR) is 45.0 cm³/mol. The van der Waals surface area contributed by atoms with Gasteiger partial charge in [-0.05, 0) is 12.8 Å². The van der Waals surface area contributed by atoms with Gasteiger partial charge in [-0.25, -0.2) is 0 Å². The number of carbonyl (C=O) groups excluding carboxylic acids is 1. The summed E-state index contributed by atoms with van der Waals surface area (Å²) in [6, 6.07) is 0.322. The molecule has 2 aliphatic rings. The van der Waals surface area contributed by atoms with E-state index in [4.69, 9.17) is 5.73 Å². The molecule has 4 heteroatoms. The van der Waals surface area contributed by atoms with Crippen LogP contribution in [0.25, 0.3) is 0 Å². The van der Waals surface area contributed by atoms with Crippen LogP contribution in [0.1, 0.15) is 25.7 Å². The highest BCUT2D eigenvalue weighted by Gasteiger charge is 2.35. The highest BCUT2D eigenvalue weighted by molar-refractivity contribution is 5.80. The van der Waals surface area contributed by atoms with Crippen molar-refractivity contribution in [3.8, 4) is 0 Å². The number of hydrogen-bond donors (Lipinski definition) is 3. The van der Waals surface area contributed by atoms with E-state index in [0.717, 1.165) is 12.8 Å². The third kappa shape index (κ3) is 1.32. The fourth-order valence-corrected chi connectivity index (χ4v) is 2.18. The lowest BCUT2D eigenvalue weighted by atomic mass is 9.83. The number of fused-ring (bicyclic) bond motifs is 1. The molecule has 1 heterocycles. The first-order valence-electron chi connectivity index (χ1n) is 4.59. The Morgan fingerprint density at radius 3 is 2.92 bits per heavy atom. The smallest absolute Gasteiger partial charge is 0.226 e. The normalized spacial score (nSPS) is 41.8. The van der Waals surface area contributed by atoms with Crippen LogP contribution in [0.15, 0.2) is 0 Å². The molecule has 0 aromatic carbocycles. The van der Waals surface area contributed by atoms with Crippen molar-refractivity contribution in [3.05, 3.63) is 0 Å². The molecule has 0 aromatic heterocycles. The molecule has 2 rings (SSSR count). The molecule has 4 N–H and O–H groups in total.